The molecule has 0 aliphatic carbocycles. The largest absolute Gasteiger partial charge is 0.381 e. The van der Waals surface area contributed by atoms with Crippen molar-refractivity contribution in [3.8, 4) is 0 Å². The molecule has 4 nitrogen and oxygen atoms in total. The second kappa shape index (κ2) is 6.23. The van der Waals surface area contributed by atoms with Crippen LogP contribution in [0.4, 0.5) is 0 Å². The first kappa shape index (κ1) is 14.8. The number of likely N-dealkylation sites (tertiary alicyclic amines) is 1. The maximum Gasteiger partial charge on any atom is 0.239 e. The molecule has 0 aromatic rings. The lowest BCUT2D eigenvalue weighted by Crippen LogP contribution is -2.47. The molecule has 0 aromatic heterocycles. The van der Waals surface area contributed by atoms with E-state index in [1.165, 1.54) is 0 Å². The standard InChI is InChI=1S/C15H28N2O2/c1-15(2)7-4-13(16-3)14(18)17(11-15)10-12-5-8-19-9-6-12/h12-13,16H,4-11H2,1-3H3. The van der Waals surface area contributed by atoms with Crippen molar-refractivity contribution in [2.75, 3.05) is 33.4 Å². The fourth-order valence-electron chi connectivity index (χ4n) is 3.22. The Labute approximate surface area is 116 Å². The Balaban J connectivity index is 2.03. The maximum absolute atomic E-state index is 12.6. The van der Waals surface area contributed by atoms with Crippen molar-refractivity contribution in [2.45, 2.75) is 45.6 Å². The third-order valence-corrected chi connectivity index (χ3v) is 4.51. The van der Waals surface area contributed by atoms with Crippen LogP contribution in [0.1, 0.15) is 39.5 Å². The van der Waals surface area contributed by atoms with E-state index in [9.17, 15) is 4.79 Å². The lowest BCUT2D eigenvalue weighted by molar-refractivity contribution is -0.134. The fraction of sp³-hybridized carbons (Fsp3) is 0.933. The van der Waals surface area contributed by atoms with Gasteiger partial charge < -0.3 is 15.0 Å². The number of ether oxygens (including phenoxy) is 1. The molecule has 0 spiro atoms. The van der Waals surface area contributed by atoms with Crippen LogP contribution in [0.15, 0.2) is 0 Å². The van der Waals surface area contributed by atoms with Gasteiger partial charge in [-0.15, -0.1) is 0 Å². The molecule has 1 N–H and O–H groups in total. The van der Waals surface area contributed by atoms with E-state index in [0.29, 0.717) is 11.8 Å². The van der Waals surface area contributed by atoms with Crippen molar-refractivity contribution < 1.29 is 9.53 Å². The van der Waals surface area contributed by atoms with Crippen molar-refractivity contribution >= 4 is 5.91 Å². The van der Waals surface area contributed by atoms with E-state index in [1.54, 1.807) is 0 Å². The van der Waals surface area contributed by atoms with Gasteiger partial charge in [0, 0.05) is 26.3 Å². The molecule has 1 unspecified atom stereocenters. The number of hydrogen-bond donors (Lipinski definition) is 1. The molecule has 2 heterocycles. The average molecular weight is 268 g/mol. The third kappa shape index (κ3) is 3.93. The van der Waals surface area contributed by atoms with Gasteiger partial charge in [0.05, 0.1) is 6.04 Å². The summed E-state index contributed by atoms with van der Waals surface area (Å²) in [5, 5.41) is 3.18. The second-order valence-corrected chi connectivity index (χ2v) is 6.82. The van der Waals surface area contributed by atoms with Crippen molar-refractivity contribution in [2.24, 2.45) is 11.3 Å². The monoisotopic (exact) mass is 268 g/mol. The summed E-state index contributed by atoms with van der Waals surface area (Å²) in [6.07, 6.45) is 4.24. The van der Waals surface area contributed by atoms with Crippen LogP contribution in [0.2, 0.25) is 0 Å². The molecule has 2 aliphatic heterocycles. The molecule has 19 heavy (non-hydrogen) atoms. The molecule has 1 amide bonds. The first-order valence-electron chi connectivity index (χ1n) is 7.55. The molecule has 4 heteroatoms. The number of carbonyl (C=O) groups excluding carboxylic acids is 1. The van der Waals surface area contributed by atoms with E-state index in [4.69, 9.17) is 4.74 Å². The summed E-state index contributed by atoms with van der Waals surface area (Å²) in [6.45, 7) is 8.05. The summed E-state index contributed by atoms with van der Waals surface area (Å²) in [5.41, 5.74) is 0.229. The molecule has 2 aliphatic rings. The smallest absolute Gasteiger partial charge is 0.239 e. The lowest BCUT2D eigenvalue weighted by atomic mass is 9.87. The van der Waals surface area contributed by atoms with Crippen molar-refractivity contribution in [1.29, 1.82) is 0 Å². The van der Waals surface area contributed by atoms with Crippen LogP contribution in [0.5, 0.6) is 0 Å². The second-order valence-electron chi connectivity index (χ2n) is 6.82. The minimum atomic E-state index is 0.00150. The summed E-state index contributed by atoms with van der Waals surface area (Å²) < 4.78 is 5.41. The molecule has 0 radical (unpaired) electrons. The van der Waals surface area contributed by atoms with Gasteiger partial charge in [-0.2, -0.15) is 0 Å². The number of carbonyl (C=O) groups is 1. The zero-order valence-electron chi connectivity index (χ0n) is 12.6. The van der Waals surface area contributed by atoms with Crippen molar-refractivity contribution in [3.63, 3.8) is 0 Å². The van der Waals surface area contributed by atoms with Crippen LogP contribution in [0, 0.1) is 11.3 Å². The van der Waals surface area contributed by atoms with Gasteiger partial charge in [-0.25, -0.2) is 0 Å². The lowest BCUT2D eigenvalue weighted by Gasteiger charge is -2.34. The summed E-state index contributed by atoms with van der Waals surface area (Å²) in [6, 6.07) is 0.00150. The van der Waals surface area contributed by atoms with Gasteiger partial charge >= 0.3 is 0 Å². The topological polar surface area (TPSA) is 41.6 Å². The minimum absolute atomic E-state index is 0.00150. The van der Waals surface area contributed by atoms with Crippen LogP contribution in [0.3, 0.4) is 0 Å². The molecule has 2 fully saturated rings. The van der Waals surface area contributed by atoms with Gasteiger partial charge in [-0.05, 0) is 44.1 Å². The highest BCUT2D eigenvalue weighted by Crippen LogP contribution is 2.30. The number of hydrogen-bond acceptors (Lipinski definition) is 3. The number of rotatable bonds is 3. The average Bonchev–Trinajstić information content (AvgIpc) is 2.49. The van der Waals surface area contributed by atoms with E-state index in [-0.39, 0.29) is 11.5 Å². The highest BCUT2D eigenvalue weighted by molar-refractivity contribution is 5.82. The zero-order valence-corrected chi connectivity index (χ0v) is 12.6. The van der Waals surface area contributed by atoms with Crippen LogP contribution >= 0.6 is 0 Å². The highest BCUT2D eigenvalue weighted by Gasteiger charge is 2.35. The maximum atomic E-state index is 12.6. The highest BCUT2D eigenvalue weighted by atomic mass is 16.5. The molecule has 2 saturated heterocycles. The molecule has 2 rings (SSSR count). The van der Waals surface area contributed by atoms with Gasteiger partial charge in [0.25, 0.3) is 0 Å². The Morgan fingerprint density at radius 3 is 2.63 bits per heavy atom. The first-order valence-corrected chi connectivity index (χ1v) is 7.55. The predicted octanol–water partition coefficient (Wildman–Crippen LogP) is 1.65. The van der Waals surface area contributed by atoms with E-state index >= 15 is 0 Å². The summed E-state index contributed by atoms with van der Waals surface area (Å²) in [7, 11) is 1.90. The van der Waals surface area contributed by atoms with Crippen LogP contribution in [0.25, 0.3) is 0 Å². The molecule has 0 bridgehead atoms. The normalized spacial score (nSPS) is 29.3. The van der Waals surface area contributed by atoms with E-state index < -0.39 is 0 Å². The molecular formula is C15H28N2O2. The number of nitrogens with zero attached hydrogens (tertiary/aromatic N) is 1. The summed E-state index contributed by atoms with van der Waals surface area (Å²) in [4.78, 5) is 14.7. The zero-order chi connectivity index (χ0) is 13.9. The van der Waals surface area contributed by atoms with Gasteiger partial charge in [-0.3, -0.25) is 4.79 Å². The Bertz CT molecular complexity index is 311. The summed E-state index contributed by atoms with van der Waals surface area (Å²) >= 11 is 0. The quantitative estimate of drug-likeness (QED) is 0.846. The molecular weight excluding hydrogens is 240 g/mol. The van der Waals surface area contributed by atoms with Crippen molar-refractivity contribution in [1.82, 2.24) is 10.2 Å². The minimum Gasteiger partial charge on any atom is -0.381 e. The van der Waals surface area contributed by atoms with Crippen LogP contribution in [-0.4, -0.2) is 50.2 Å². The Hall–Kier alpha value is -0.610. The SMILES string of the molecule is CNC1CCC(C)(C)CN(CC2CCOCC2)C1=O. The molecule has 0 aromatic carbocycles. The molecule has 1 atom stereocenters. The van der Waals surface area contributed by atoms with Crippen LogP contribution < -0.4 is 5.32 Å². The van der Waals surface area contributed by atoms with Gasteiger partial charge in [0.1, 0.15) is 0 Å². The molecule has 0 saturated carbocycles. The predicted molar refractivity (Wildman–Crippen MR) is 76.0 cm³/mol. The number of amides is 1. The van der Waals surface area contributed by atoms with E-state index in [2.05, 4.69) is 24.1 Å². The number of likely N-dealkylation sites (N-methyl/N-ethyl adjacent to an activating group) is 1. The van der Waals surface area contributed by atoms with Gasteiger partial charge in [-0.1, -0.05) is 13.8 Å². The Morgan fingerprint density at radius 1 is 1.32 bits per heavy atom. The number of nitrogens with one attached hydrogen (secondary N) is 1. The fourth-order valence-corrected chi connectivity index (χ4v) is 3.22. The Kier molecular flexibility index (Phi) is 4.85. The van der Waals surface area contributed by atoms with Gasteiger partial charge in [0.2, 0.25) is 5.91 Å². The van der Waals surface area contributed by atoms with Crippen LogP contribution in [-0.2, 0) is 9.53 Å². The summed E-state index contributed by atoms with van der Waals surface area (Å²) in [5.74, 6) is 0.906. The van der Waals surface area contributed by atoms with Crippen molar-refractivity contribution in [3.05, 3.63) is 0 Å². The third-order valence-electron chi connectivity index (χ3n) is 4.51. The Morgan fingerprint density at radius 2 is 2.00 bits per heavy atom. The van der Waals surface area contributed by atoms with E-state index in [1.807, 2.05) is 7.05 Å². The first-order chi connectivity index (χ1) is 9.02. The van der Waals surface area contributed by atoms with E-state index in [0.717, 1.165) is 52.0 Å². The van der Waals surface area contributed by atoms with Gasteiger partial charge in [0.15, 0.2) is 0 Å². The molecule has 110 valence electrons.